The second kappa shape index (κ2) is 8.92. The lowest BCUT2D eigenvalue weighted by atomic mass is 10.1. The molecule has 2 aromatic rings. The molecule has 0 spiro atoms. The van der Waals surface area contributed by atoms with Gasteiger partial charge in [-0.1, -0.05) is 30.4 Å². The number of aromatic nitrogens is 1. The second-order valence-electron chi connectivity index (χ2n) is 6.30. The topological polar surface area (TPSA) is 72.5 Å². The summed E-state index contributed by atoms with van der Waals surface area (Å²) < 4.78 is 0. The van der Waals surface area contributed by atoms with E-state index in [-0.39, 0.29) is 12.5 Å². The van der Waals surface area contributed by atoms with Crippen molar-refractivity contribution in [3.8, 4) is 0 Å². The summed E-state index contributed by atoms with van der Waals surface area (Å²) >= 11 is 0. The van der Waals surface area contributed by atoms with Crippen molar-refractivity contribution in [3.63, 3.8) is 0 Å². The summed E-state index contributed by atoms with van der Waals surface area (Å²) in [5.41, 5.74) is 3.40. The molecule has 6 nitrogen and oxygen atoms in total. The maximum atomic E-state index is 11.7. The zero-order valence-electron chi connectivity index (χ0n) is 15.2. The van der Waals surface area contributed by atoms with Crippen LogP contribution in [0.4, 0.5) is 0 Å². The lowest BCUT2D eigenvalue weighted by Crippen LogP contribution is -2.40. The number of amides is 1. The quantitative estimate of drug-likeness (QED) is 0.409. The zero-order chi connectivity index (χ0) is 18.2. The first-order valence-electron chi connectivity index (χ1n) is 8.39. The van der Waals surface area contributed by atoms with E-state index in [1.807, 2.05) is 25.3 Å². The molecule has 0 aliphatic rings. The second-order valence-corrected chi connectivity index (χ2v) is 6.30. The van der Waals surface area contributed by atoms with Crippen molar-refractivity contribution < 1.29 is 4.79 Å². The summed E-state index contributed by atoms with van der Waals surface area (Å²) in [7, 11) is 3.45. The predicted octanol–water partition coefficient (Wildman–Crippen LogP) is 1.91. The van der Waals surface area contributed by atoms with Crippen LogP contribution < -0.4 is 10.6 Å². The van der Waals surface area contributed by atoms with Gasteiger partial charge < -0.3 is 20.5 Å². The van der Waals surface area contributed by atoms with Gasteiger partial charge in [0, 0.05) is 44.3 Å². The van der Waals surface area contributed by atoms with Gasteiger partial charge in [0.15, 0.2) is 5.96 Å². The molecule has 6 heteroatoms. The molecule has 3 N–H and O–H groups in total. The molecule has 0 atom stereocenters. The van der Waals surface area contributed by atoms with E-state index in [0.717, 1.165) is 24.1 Å². The molecule has 1 aromatic carbocycles. The van der Waals surface area contributed by atoms with Gasteiger partial charge in [0.1, 0.15) is 6.54 Å². The molecule has 1 heterocycles. The SMILES string of the molecule is C=C(C)CNC(=NCC(=O)N(C)C)NCCc1c[nH]c2ccccc12. The van der Waals surface area contributed by atoms with E-state index in [9.17, 15) is 4.79 Å². The lowest BCUT2D eigenvalue weighted by Gasteiger charge is -2.13. The maximum Gasteiger partial charge on any atom is 0.243 e. The minimum atomic E-state index is -0.0342. The van der Waals surface area contributed by atoms with Crippen LogP contribution in [-0.2, 0) is 11.2 Å². The fourth-order valence-corrected chi connectivity index (χ4v) is 2.35. The van der Waals surface area contributed by atoms with Gasteiger partial charge >= 0.3 is 0 Å². The molecule has 134 valence electrons. The molecule has 2 rings (SSSR count). The smallest absolute Gasteiger partial charge is 0.243 e. The van der Waals surface area contributed by atoms with Crippen molar-refractivity contribution >= 4 is 22.8 Å². The molecular formula is C19H27N5O. The van der Waals surface area contributed by atoms with Crippen LogP contribution in [0, 0.1) is 0 Å². The van der Waals surface area contributed by atoms with Crippen molar-refractivity contribution in [2.75, 3.05) is 33.7 Å². The van der Waals surface area contributed by atoms with Crippen LogP contribution in [0.2, 0.25) is 0 Å². The monoisotopic (exact) mass is 341 g/mol. The minimum absolute atomic E-state index is 0.0342. The van der Waals surface area contributed by atoms with Gasteiger partial charge in [0.05, 0.1) is 0 Å². The summed E-state index contributed by atoms with van der Waals surface area (Å²) in [5.74, 6) is 0.589. The number of fused-ring (bicyclic) bond motifs is 1. The average Bonchev–Trinajstić information content (AvgIpc) is 2.99. The third-order valence-electron chi connectivity index (χ3n) is 3.79. The van der Waals surface area contributed by atoms with E-state index >= 15 is 0 Å². The van der Waals surface area contributed by atoms with Crippen LogP contribution in [-0.4, -0.2) is 55.5 Å². The van der Waals surface area contributed by atoms with Gasteiger partial charge in [-0.05, 0) is 25.0 Å². The summed E-state index contributed by atoms with van der Waals surface area (Å²) in [4.78, 5) is 20.9. The van der Waals surface area contributed by atoms with Crippen molar-refractivity contribution in [2.24, 2.45) is 4.99 Å². The van der Waals surface area contributed by atoms with Crippen LogP contribution in [0.15, 0.2) is 47.6 Å². The first kappa shape index (κ1) is 18.6. The van der Waals surface area contributed by atoms with E-state index in [2.05, 4.69) is 39.3 Å². The van der Waals surface area contributed by atoms with Gasteiger partial charge in [-0.2, -0.15) is 0 Å². The van der Waals surface area contributed by atoms with Crippen LogP contribution in [0.5, 0.6) is 0 Å². The Morgan fingerprint density at radius 3 is 2.76 bits per heavy atom. The van der Waals surface area contributed by atoms with E-state index in [4.69, 9.17) is 0 Å². The number of benzene rings is 1. The number of H-pyrrole nitrogens is 1. The highest BCUT2D eigenvalue weighted by Crippen LogP contribution is 2.17. The van der Waals surface area contributed by atoms with Gasteiger partial charge in [0.25, 0.3) is 0 Å². The number of carbonyl (C=O) groups is 1. The average molecular weight is 341 g/mol. The highest BCUT2D eigenvalue weighted by molar-refractivity contribution is 5.85. The number of hydrogen-bond acceptors (Lipinski definition) is 2. The molecule has 25 heavy (non-hydrogen) atoms. The van der Waals surface area contributed by atoms with Gasteiger partial charge in [-0.25, -0.2) is 4.99 Å². The predicted molar refractivity (Wildman–Crippen MR) is 104 cm³/mol. The van der Waals surface area contributed by atoms with Crippen molar-refractivity contribution in [2.45, 2.75) is 13.3 Å². The minimum Gasteiger partial charge on any atom is -0.361 e. The normalized spacial score (nSPS) is 11.4. The number of rotatable bonds is 7. The Morgan fingerprint density at radius 2 is 2.04 bits per heavy atom. The Labute approximate surface area is 149 Å². The van der Waals surface area contributed by atoms with Crippen LogP contribution in [0.3, 0.4) is 0 Å². The Kier molecular flexibility index (Phi) is 6.62. The van der Waals surface area contributed by atoms with E-state index in [0.29, 0.717) is 12.5 Å². The number of aliphatic imine (C=N–C) groups is 1. The number of carbonyl (C=O) groups excluding carboxylic acids is 1. The van der Waals surface area contributed by atoms with Crippen molar-refractivity contribution in [3.05, 3.63) is 48.2 Å². The largest absolute Gasteiger partial charge is 0.361 e. The number of guanidine groups is 1. The van der Waals surface area contributed by atoms with Crippen molar-refractivity contribution in [1.82, 2.24) is 20.5 Å². The molecule has 0 aliphatic carbocycles. The molecular weight excluding hydrogens is 314 g/mol. The Balaban J connectivity index is 1.95. The first-order valence-corrected chi connectivity index (χ1v) is 8.39. The van der Waals surface area contributed by atoms with E-state index in [1.54, 1.807) is 14.1 Å². The van der Waals surface area contributed by atoms with Gasteiger partial charge in [0.2, 0.25) is 5.91 Å². The summed E-state index contributed by atoms with van der Waals surface area (Å²) in [6, 6.07) is 8.25. The first-order chi connectivity index (χ1) is 12.0. The third kappa shape index (κ3) is 5.67. The number of likely N-dealkylation sites (N-methyl/N-ethyl adjacent to an activating group) is 1. The summed E-state index contributed by atoms with van der Waals surface area (Å²) in [6.45, 7) is 7.29. The molecule has 0 saturated heterocycles. The van der Waals surface area contributed by atoms with E-state index in [1.165, 1.54) is 15.8 Å². The fraction of sp³-hybridized carbons (Fsp3) is 0.368. The standard InChI is InChI=1S/C19H27N5O/c1-14(2)11-22-19(23-13-18(25)24(3)4)20-10-9-15-12-21-17-8-6-5-7-16(15)17/h5-8,12,21H,1,9-11,13H2,2-4H3,(H2,20,22,23). The molecule has 0 unspecified atom stereocenters. The van der Waals surface area contributed by atoms with Crippen LogP contribution >= 0.6 is 0 Å². The summed E-state index contributed by atoms with van der Waals surface area (Å²) in [6.07, 6.45) is 2.90. The lowest BCUT2D eigenvalue weighted by molar-refractivity contribution is -0.127. The van der Waals surface area contributed by atoms with Gasteiger partial charge in [-0.15, -0.1) is 0 Å². The molecule has 0 bridgehead atoms. The third-order valence-corrected chi connectivity index (χ3v) is 3.79. The number of para-hydroxylation sites is 1. The highest BCUT2D eigenvalue weighted by Gasteiger charge is 2.06. The van der Waals surface area contributed by atoms with Crippen molar-refractivity contribution in [1.29, 1.82) is 0 Å². The fourth-order valence-electron chi connectivity index (χ4n) is 2.35. The Bertz CT molecular complexity index is 760. The number of aromatic amines is 1. The molecule has 0 aliphatic heterocycles. The Morgan fingerprint density at radius 1 is 1.28 bits per heavy atom. The molecule has 0 fully saturated rings. The number of nitrogens with one attached hydrogen (secondary N) is 3. The zero-order valence-corrected chi connectivity index (χ0v) is 15.2. The maximum absolute atomic E-state index is 11.7. The van der Waals surface area contributed by atoms with Gasteiger partial charge in [-0.3, -0.25) is 4.79 Å². The molecule has 0 radical (unpaired) electrons. The molecule has 0 saturated carbocycles. The van der Waals surface area contributed by atoms with E-state index < -0.39 is 0 Å². The molecule has 1 aromatic heterocycles. The number of hydrogen-bond donors (Lipinski definition) is 3. The van der Waals surface area contributed by atoms with Crippen LogP contribution in [0.1, 0.15) is 12.5 Å². The Hall–Kier alpha value is -2.76. The molecule has 1 amide bonds. The summed E-state index contributed by atoms with van der Waals surface area (Å²) in [5, 5.41) is 7.71. The number of nitrogens with zero attached hydrogens (tertiary/aromatic N) is 2. The highest BCUT2D eigenvalue weighted by atomic mass is 16.2. The van der Waals surface area contributed by atoms with Crippen LogP contribution in [0.25, 0.3) is 10.9 Å².